The maximum absolute atomic E-state index is 11.3. The van der Waals surface area contributed by atoms with Gasteiger partial charge < -0.3 is 20.3 Å². The van der Waals surface area contributed by atoms with Crippen LogP contribution in [0.5, 0.6) is 0 Å². The quantitative estimate of drug-likeness (QED) is 0.670. The SMILES string of the molecule is COCCNC(=O)NCCCN1CCC(C)CC1. The molecule has 0 unspecified atom stereocenters. The summed E-state index contributed by atoms with van der Waals surface area (Å²) < 4.78 is 4.86. The van der Waals surface area contributed by atoms with Crippen LogP contribution in [0.2, 0.25) is 0 Å². The summed E-state index contributed by atoms with van der Waals surface area (Å²) in [4.78, 5) is 13.8. The van der Waals surface area contributed by atoms with Crippen molar-refractivity contribution in [2.24, 2.45) is 5.92 Å². The van der Waals surface area contributed by atoms with Gasteiger partial charge in [-0.05, 0) is 44.8 Å². The smallest absolute Gasteiger partial charge is 0.314 e. The van der Waals surface area contributed by atoms with E-state index in [9.17, 15) is 4.79 Å². The zero-order chi connectivity index (χ0) is 13.2. The highest BCUT2D eigenvalue weighted by atomic mass is 16.5. The van der Waals surface area contributed by atoms with E-state index in [0.29, 0.717) is 13.2 Å². The highest BCUT2D eigenvalue weighted by molar-refractivity contribution is 5.73. The summed E-state index contributed by atoms with van der Waals surface area (Å²) >= 11 is 0. The lowest BCUT2D eigenvalue weighted by Gasteiger charge is -2.30. The number of ether oxygens (including phenoxy) is 1. The van der Waals surface area contributed by atoms with Gasteiger partial charge >= 0.3 is 6.03 Å². The summed E-state index contributed by atoms with van der Waals surface area (Å²) in [6, 6.07) is -0.0979. The first-order valence-electron chi connectivity index (χ1n) is 6.95. The van der Waals surface area contributed by atoms with E-state index >= 15 is 0 Å². The number of piperidine rings is 1. The van der Waals surface area contributed by atoms with Crippen LogP contribution in [0.4, 0.5) is 4.79 Å². The second-order valence-electron chi connectivity index (χ2n) is 5.05. The van der Waals surface area contributed by atoms with Crippen molar-refractivity contribution in [2.75, 3.05) is 46.4 Å². The number of nitrogens with one attached hydrogen (secondary N) is 2. The Labute approximate surface area is 110 Å². The van der Waals surface area contributed by atoms with Crippen LogP contribution in [0.25, 0.3) is 0 Å². The number of hydrogen-bond donors (Lipinski definition) is 2. The molecule has 0 saturated carbocycles. The largest absolute Gasteiger partial charge is 0.383 e. The summed E-state index contributed by atoms with van der Waals surface area (Å²) in [6.07, 6.45) is 3.64. The van der Waals surface area contributed by atoms with Gasteiger partial charge in [0, 0.05) is 20.2 Å². The van der Waals surface area contributed by atoms with Crippen LogP contribution < -0.4 is 10.6 Å². The van der Waals surface area contributed by atoms with Crippen LogP contribution in [-0.2, 0) is 4.74 Å². The van der Waals surface area contributed by atoms with E-state index in [-0.39, 0.29) is 6.03 Å². The molecule has 0 aromatic heterocycles. The molecule has 5 heteroatoms. The highest BCUT2D eigenvalue weighted by Gasteiger charge is 2.14. The van der Waals surface area contributed by atoms with Crippen molar-refractivity contribution >= 4 is 6.03 Å². The molecule has 1 rings (SSSR count). The van der Waals surface area contributed by atoms with E-state index in [1.807, 2.05) is 0 Å². The predicted molar refractivity (Wildman–Crippen MR) is 72.7 cm³/mol. The topological polar surface area (TPSA) is 53.6 Å². The molecule has 0 radical (unpaired) electrons. The van der Waals surface area contributed by atoms with Crippen molar-refractivity contribution in [3.8, 4) is 0 Å². The molecule has 0 aromatic rings. The van der Waals surface area contributed by atoms with Crippen LogP contribution in [0.1, 0.15) is 26.2 Å². The fraction of sp³-hybridized carbons (Fsp3) is 0.923. The van der Waals surface area contributed by atoms with Gasteiger partial charge in [0.2, 0.25) is 0 Å². The highest BCUT2D eigenvalue weighted by Crippen LogP contribution is 2.15. The summed E-state index contributed by atoms with van der Waals surface area (Å²) in [7, 11) is 1.62. The third kappa shape index (κ3) is 6.81. The van der Waals surface area contributed by atoms with E-state index in [4.69, 9.17) is 4.74 Å². The molecular weight excluding hydrogens is 230 g/mol. The number of urea groups is 1. The number of rotatable bonds is 7. The molecular formula is C13H27N3O2. The minimum atomic E-state index is -0.0979. The number of carbonyl (C=O) groups is 1. The van der Waals surface area contributed by atoms with Gasteiger partial charge in [0.05, 0.1) is 6.61 Å². The van der Waals surface area contributed by atoms with Gasteiger partial charge in [-0.3, -0.25) is 0 Å². The van der Waals surface area contributed by atoms with E-state index in [1.54, 1.807) is 7.11 Å². The number of nitrogens with zero attached hydrogens (tertiary/aromatic N) is 1. The Bertz CT molecular complexity index is 228. The molecule has 2 N–H and O–H groups in total. The molecule has 1 saturated heterocycles. The molecule has 1 aliphatic heterocycles. The van der Waals surface area contributed by atoms with Gasteiger partial charge in [0.25, 0.3) is 0 Å². The van der Waals surface area contributed by atoms with Gasteiger partial charge in [-0.1, -0.05) is 6.92 Å². The zero-order valence-corrected chi connectivity index (χ0v) is 11.7. The van der Waals surface area contributed by atoms with Crippen molar-refractivity contribution in [3.05, 3.63) is 0 Å². The van der Waals surface area contributed by atoms with Crippen molar-refractivity contribution < 1.29 is 9.53 Å². The predicted octanol–water partition coefficient (Wildman–Crippen LogP) is 1.05. The van der Waals surface area contributed by atoms with Crippen molar-refractivity contribution in [3.63, 3.8) is 0 Å². The second kappa shape index (κ2) is 9.16. The lowest BCUT2D eigenvalue weighted by Crippen LogP contribution is -2.39. The molecule has 0 aliphatic carbocycles. The lowest BCUT2D eigenvalue weighted by molar-refractivity contribution is 0.188. The van der Waals surface area contributed by atoms with Gasteiger partial charge in [0.1, 0.15) is 0 Å². The first-order chi connectivity index (χ1) is 8.72. The fourth-order valence-corrected chi connectivity index (χ4v) is 2.12. The number of amides is 2. The lowest BCUT2D eigenvalue weighted by atomic mass is 9.99. The average molecular weight is 257 g/mol. The van der Waals surface area contributed by atoms with E-state index < -0.39 is 0 Å². The molecule has 0 aromatic carbocycles. The maximum Gasteiger partial charge on any atom is 0.314 e. The monoisotopic (exact) mass is 257 g/mol. The third-order valence-corrected chi connectivity index (χ3v) is 3.40. The molecule has 2 amide bonds. The first kappa shape index (κ1) is 15.2. The number of methoxy groups -OCH3 is 1. The van der Waals surface area contributed by atoms with Crippen molar-refractivity contribution in [2.45, 2.75) is 26.2 Å². The van der Waals surface area contributed by atoms with Crippen molar-refractivity contribution in [1.82, 2.24) is 15.5 Å². The van der Waals surface area contributed by atoms with Crippen LogP contribution >= 0.6 is 0 Å². The van der Waals surface area contributed by atoms with Gasteiger partial charge in [0.15, 0.2) is 0 Å². The summed E-state index contributed by atoms with van der Waals surface area (Å²) in [5.41, 5.74) is 0. The number of carbonyl (C=O) groups excluding carboxylic acids is 1. The zero-order valence-electron chi connectivity index (χ0n) is 11.7. The van der Waals surface area contributed by atoms with Crippen LogP contribution in [-0.4, -0.2) is 57.4 Å². The van der Waals surface area contributed by atoms with Gasteiger partial charge in [-0.25, -0.2) is 4.79 Å². The summed E-state index contributed by atoms with van der Waals surface area (Å²) in [5.74, 6) is 0.880. The average Bonchev–Trinajstić information content (AvgIpc) is 2.37. The number of likely N-dealkylation sites (tertiary alicyclic amines) is 1. The second-order valence-corrected chi connectivity index (χ2v) is 5.05. The molecule has 106 valence electrons. The minimum absolute atomic E-state index is 0.0979. The standard InChI is InChI=1S/C13H27N3O2/c1-12-4-9-16(10-5-12)8-3-6-14-13(17)15-7-11-18-2/h12H,3-11H2,1-2H3,(H2,14,15,17). The van der Waals surface area contributed by atoms with Gasteiger partial charge in [-0.15, -0.1) is 0 Å². The Morgan fingerprint density at radius 3 is 2.61 bits per heavy atom. The van der Waals surface area contributed by atoms with E-state index in [1.165, 1.54) is 25.9 Å². The normalized spacial score (nSPS) is 17.7. The molecule has 0 bridgehead atoms. The summed E-state index contributed by atoms with van der Waals surface area (Å²) in [5, 5.41) is 5.60. The summed E-state index contributed by atoms with van der Waals surface area (Å²) in [6.45, 7) is 7.69. The molecule has 0 atom stereocenters. The van der Waals surface area contributed by atoms with Gasteiger partial charge in [-0.2, -0.15) is 0 Å². The molecule has 1 fully saturated rings. The Morgan fingerprint density at radius 1 is 1.28 bits per heavy atom. The third-order valence-electron chi connectivity index (χ3n) is 3.40. The van der Waals surface area contributed by atoms with Crippen molar-refractivity contribution in [1.29, 1.82) is 0 Å². The Hall–Kier alpha value is -0.810. The van der Waals surface area contributed by atoms with E-state index in [0.717, 1.165) is 25.4 Å². The van der Waals surface area contributed by atoms with E-state index in [2.05, 4.69) is 22.5 Å². The Morgan fingerprint density at radius 2 is 1.94 bits per heavy atom. The maximum atomic E-state index is 11.3. The first-order valence-corrected chi connectivity index (χ1v) is 6.95. The molecule has 5 nitrogen and oxygen atoms in total. The minimum Gasteiger partial charge on any atom is -0.383 e. The number of hydrogen-bond acceptors (Lipinski definition) is 3. The van der Waals surface area contributed by atoms with Crippen LogP contribution in [0, 0.1) is 5.92 Å². The van der Waals surface area contributed by atoms with Crippen LogP contribution in [0.3, 0.4) is 0 Å². The molecule has 0 spiro atoms. The Kier molecular flexibility index (Phi) is 7.76. The molecule has 1 heterocycles. The molecule has 18 heavy (non-hydrogen) atoms. The fourth-order valence-electron chi connectivity index (χ4n) is 2.12. The van der Waals surface area contributed by atoms with Crippen LogP contribution in [0.15, 0.2) is 0 Å². The molecule has 1 aliphatic rings. The Balaban J connectivity index is 1.93.